The highest BCUT2D eigenvalue weighted by molar-refractivity contribution is 5.88. The zero-order chi connectivity index (χ0) is 16.2. The molecule has 0 bridgehead atoms. The molecule has 23 heavy (non-hydrogen) atoms. The standard InChI is InChI=1S/C18H27FN2O.ClH/c1-3-17(20,4-2)13-21-16(22)18(11-5-6-12-18)14-7-9-15(19)10-8-14;/h7-10H,3-6,11-13,20H2,1-2H3,(H,21,22);1H. The first-order valence-corrected chi connectivity index (χ1v) is 8.29. The first kappa shape index (κ1) is 19.9. The maximum Gasteiger partial charge on any atom is 0.230 e. The Morgan fingerprint density at radius 1 is 1.22 bits per heavy atom. The SMILES string of the molecule is CCC(N)(CC)CNC(=O)C1(c2ccc(F)cc2)CCCC1.Cl. The van der Waals surface area contributed by atoms with Gasteiger partial charge in [-0.1, -0.05) is 38.8 Å². The van der Waals surface area contributed by atoms with Crippen LogP contribution in [0, 0.1) is 5.82 Å². The third kappa shape index (κ3) is 4.24. The second kappa shape index (κ2) is 8.11. The Morgan fingerprint density at radius 3 is 2.22 bits per heavy atom. The number of benzene rings is 1. The van der Waals surface area contributed by atoms with E-state index >= 15 is 0 Å². The molecule has 1 amide bonds. The summed E-state index contributed by atoms with van der Waals surface area (Å²) >= 11 is 0. The summed E-state index contributed by atoms with van der Waals surface area (Å²) < 4.78 is 13.2. The van der Waals surface area contributed by atoms with Gasteiger partial charge in [0.1, 0.15) is 5.82 Å². The summed E-state index contributed by atoms with van der Waals surface area (Å²) in [6, 6.07) is 6.37. The predicted molar refractivity (Wildman–Crippen MR) is 94.3 cm³/mol. The molecule has 3 nitrogen and oxygen atoms in total. The first-order chi connectivity index (χ1) is 10.5. The van der Waals surface area contributed by atoms with Gasteiger partial charge in [0.05, 0.1) is 5.41 Å². The van der Waals surface area contributed by atoms with Crippen LogP contribution in [-0.2, 0) is 10.2 Å². The van der Waals surface area contributed by atoms with Gasteiger partial charge in [-0.25, -0.2) is 4.39 Å². The second-order valence-electron chi connectivity index (χ2n) is 6.55. The Balaban J connectivity index is 0.00000264. The van der Waals surface area contributed by atoms with Crippen molar-refractivity contribution in [3.8, 4) is 0 Å². The molecule has 0 aromatic heterocycles. The maximum absolute atomic E-state index is 13.2. The minimum absolute atomic E-state index is 0. The molecule has 1 aliphatic rings. The van der Waals surface area contributed by atoms with E-state index in [1.165, 1.54) is 12.1 Å². The van der Waals surface area contributed by atoms with Gasteiger partial charge in [-0.3, -0.25) is 4.79 Å². The minimum atomic E-state index is -0.518. The van der Waals surface area contributed by atoms with Crippen LogP contribution in [0.15, 0.2) is 24.3 Å². The van der Waals surface area contributed by atoms with Crippen molar-refractivity contribution in [1.82, 2.24) is 5.32 Å². The normalized spacial score (nSPS) is 16.7. The number of hydrogen-bond donors (Lipinski definition) is 2. The molecule has 0 saturated heterocycles. The van der Waals surface area contributed by atoms with Crippen LogP contribution < -0.4 is 11.1 Å². The third-order valence-electron chi connectivity index (χ3n) is 5.30. The topological polar surface area (TPSA) is 55.1 Å². The van der Waals surface area contributed by atoms with Crippen LogP contribution in [0.3, 0.4) is 0 Å². The van der Waals surface area contributed by atoms with Crippen molar-refractivity contribution in [2.24, 2.45) is 5.73 Å². The van der Waals surface area contributed by atoms with Crippen LogP contribution in [0.5, 0.6) is 0 Å². The van der Waals surface area contributed by atoms with E-state index in [4.69, 9.17) is 5.73 Å². The number of nitrogens with one attached hydrogen (secondary N) is 1. The summed E-state index contributed by atoms with van der Waals surface area (Å²) in [6.07, 6.45) is 5.35. The fraction of sp³-hybridized carbons (Fsp3) is 0.611. The minimum Gasteiger partial charge on any atom is -0.353 e. The van der Waals surface area contributed by atoms with E-state index in [-0.39, 0.29) is 29.7 Å². The fourth-order valence-electron chi connectivity index (χ4n) is 3.32. The highest BCUT2D eigenvalue weighted by Gasteiger charge is 2.43. The predicted octanol–water partition coefficient (Wildman–Crippen LogP) is 3.69. The number of nitrogens with two attached hydrogens (primary N) is 1. The molecule has 1 fully saturated rings. The molecular formula is C18H28ClFN2O. The van der Waals surface area contributed by atoms with Gasteiger partial charge in [0.25, 0.3) is 0 Å². The maximum atomic E-state index is 13.2. The van der Waals surface area contributed by atoms with E-state index in [1.807, 2.05) is 13.8 Å². The van der Waals surface area contributed by atoms with Crippen LogP contribution >= 0.6 is 12.4 Å². The third-order valence-corrected chi connectivity index (χ3v) is 5.30. The second-order valence-corrected chi connectivity index (χ2v) is 6.55. The van der Waals surface area contributed by atoms with Gasteiger partial charge in [0.15, 0.2) is 0 Å². The van der Waals surface area contributed by atoms with Gasteiger partial charge in [-0.15, -0.1) is 12.4 Å². The highest BCUT2D eigenvalue weighted by Crippen LogP contribution is 2.41. The monoisotopic (exact) mass is 342 g/mol. The number of rotatable bonds is 6. The van der Waals surface area contributed by atoms with Crippen molar-refractivity contribution in [1.29, 1.82) is 0 Å². The smallest absolute Gasteiger partial charge is 0.230 e. The Hall–Kier alpha value is -1.13. The lowest BCUT2D eigenvalue weighted by atomic mass is 9.77. The Morgan fingerprint density at radius 2 is 1.74 bits per heavy atom. The molecule has 1 aliphatic carbocycles. The number of carbonyl (C=O) groups is 1. The number of hydrogen-bond acceptors (Lipinski definition) is 2. The number of halogens is 2. The summed E-state index contributed by atoms with van der Waals surface area (Å²) in [5.74, 6) is -0.233. The van der Waals surface area contributed by atoms with Crippen LogP contribution in [0.1, 0.15) is 57.9 Å². The summed E-state index contributed by atoms with van der Waals surface area (Å²) in [4.78, 5) is 12.9. The van der Waals surface area contributed by atoms with Gasteiger partial charge in [0, 0.05) is 12.1 Å². The van der Waals surface area contributed by atoms with E-state index in [0.29, 0.717) is 6.54 Å². The van der Waals surface area contributed by atoms with Gasteiger partial charge in [0.2, 0.25) is 5.91 Å². The van der Waals surface area contributed by atoms with Crippen molar-refractivity contribution in [2.45, 2.75) is 63.3 Å². The molecule has 1 aromatic carbocycles. The lowest BCUT2D eigenvalue weighted by molar-refractivity contribution is -0.127. The van der Waals surface area contributed by atoms with Gasteiger partial charge in [-0.2, -0.15) is 0 Å². The van der Waals surface area contributed by atoms with Crippen molar-refractivity contribution in [2.75, 3.05) is 6.54 Å². The first-order valence-electron chi connectivity index (χ1n) is 8.29. The van der Waals surface area contributed by atoms with E-state index in [1.54, 1.807) is 12.1 Å². The van der Waals surface area contributed by atoms with Crippen LogP contribution in [0.4, 0.5) is 4.39 Å². The van der Waals surface area contributed by atoms with E-state index in [2.05, 4.69) is 5.32 Å². The molecule has 1 saturated carbocycles. The molecule has 130 valence electrons. The van der Waals surface area contributed by atoms with Crippen molar-refractivity contribution >= 4 is 18.3 Å². The highest BCUT2D eigenvalue weighted by atomic mass is 35.5. The van der Waals surface area contributed by atoms with Crippen molar-refractivity contribution in [3.05, 3.63) is 35.6 Å². The number of amides is 1. The Labute approximate surface area is 144 Å². The molecule has 0 spiro atoms. The average molecular weight is 343 g/mol. The average Bonchev–Trinajstić information content (AvgIpc) is 3.04. The zero-order valence-corrected chi connectivity index (χ0v) is 14.8. The molecule has 3 N–H and O–H groups in total. The van der Waals surface area contributed by atoms with Gasteiger partial charge >= 0.3 is 0 Å². The summed E-state index contributed by atoms with van der Waals surface area (Å²) in [5, 5.41) is 3.06. The van der Waals surface area contributed by atoms with Gasteiger partial charge in [-0.05, 0) is 43.4 Å². The fourth-order valence-corrected chi connectivity index (χ4v) is 3.32. The molecule has 0 aliphatic heterocycles. The molecule has 0 atom stereocenters. The molecule has 2 rings (SSSR count). The largest absolute Gasteiger partial charge is 0.353 e. The lowest BCUT2D eigenvalue weighted by Crippen LogP contribution is -2.53. The van der Waals surface area contributed by atoms with E-state index in [0.717, 1.165) is 44.1 Å². The number of carbonyl (C=O) groups excluding carboxylic acids is 1. The summed E-state index contributed by atoms with van der Waals surface area (Å²) in [7, 11) is 0. The molecule has 0 radical (unpaired) electrons. The molecule has 5 heteroatoms. The van der Waals surface area contributed by atoms with E-state index in [9.17, 15) is 9.18 Å². The summed E-state index contributed by atoms with van der Waals surface area (Å²) in [6.45, 7) is 4.57. The van der Waals surface area contributed by atoms with Crippen LogP contribution in [0.2, 0.25) is 0 Å². The van der Waals surface area contributed by atoms with Crippen LogP contribution in [0.25, 0.3) is 0 Å². The molecular weight excluding hydrogens is 315 g/mol. The van der Waals surface area contributed by atoms with E-state index < -0.39 is 5.41 Å². The zero-order valence-electron chi connectivity index (χ0n) is 14.0. The Bertz CT molecular complexity index is 508. The quantitative estimate of drug-likeness (QED) is 0.828. The summed E-state index contributed by atoms with van der Waals surface area (Å²) in [5.41, 5.74) is 6.33. The van der Waals surface area contributed by atoms with Crippen molar-refractivity contribution in [3.63, 3.8) is 0 Å². The van der Waals surface area contributed by atoms with Crippen LogP contribution in [-0.4, -0.2) is 18.0 Å². The Kier molecular flexibility index (Phi) is 7.02. The molecule has 0 heterocycles. The molecule has 0 unspecified atom stereocenters. The van der Waals surface area contributed by atoms with Gasteiger partial charge < -0.3 is 11.1 Å². The van der Waals surface area contributed by atoms with Crippen molar-refractivity contribution < 1.29 is 9.18 Å². The lowest BCUT2D eigenvalue weighted by Gasteiger charge is -2.32. The molecule has 1 aromatic rings.